The van der Waals surface area contributed by atoms with E-state index in [9.17, 15) is 0 Å². The van der Waals surface area contributed by atoms with E-state index >= 15 is 0 Å². The van der Waals surface area contributed by atoms with Crippen molar-refractivity contribution in [3.05, 3.63) is 47.7 Å². The van der Waals surface area contributed by atoms with Gasteiger partial charge in [0.2, 0.25) is 0 Å². The van der Waals surface area contributed by atoms with E-state index in [1.54, 1.807) is 7.11 Å². The van der Waals surface area contributed by atoms with E-state index in [4.69, 9.17) is 4.74 Å². The molecule has 4 nitrogen and oxygen atoms in total. The van der Waals surface area contributed by atoms with E-state index in [2.05, 4.69) is 39.8 Å². The molecule has 0 amide bonds. The summed E-state index contributed by atoms with van der Waals surface area (Å²) >= 11 is 0. The Balaban J connectivity index is 1.92. The van der Waals surface area contributed by atoms with Gasteiger partial charge in [-0.15, -0.1) is 5.10 Å². The lowest BCUT2D eigenvalue weighted by Gasteiger charge is -2.03. The number of aryl methyl sites for hydroxylation is 1. The lowest BCUT2D eigenvalue weighted by Crippen LogP contribution is -2.00. The van der Waals surface area contributed by atoms with Crippen molar-refractivity contribution < 1.29 is 4.74 Å². The number of hydrogen-bond donors (Lipinski definition) is 2. The highest BCUT2D eigenvalue weighted by atomic mass is 16.5. The highest BCUT2D eigenvalue weighted by Crippen LogP contribution is 2.23. The second-order valence-electron chi connectivity index (χ2n) is 3.93. The van der Waals surface area contributed by atoms with Crippen molar-refractivity contribution in [3.8, 4) is 5.88 Å². The number of nitrogens with one attached hydrogen (secondary N) is 2. The predicted octanol–water partition coefficient (Wildman–Crippen LogP) is 2.85. The molecule has 18 heavy (non-hydrogen) atoms. The van der Waals surface area contributed by atoms with Gasteiger partial charge in [0.25, 0.3) is 5.88 Å². The fraction of sp³-hybridized carbons (Fsp3) is 0.214. The normalized spacial score (nSPS) is 10.8. The molecule has 0 unspecified atom stereocenters. The monoisotopic (exact) mass is 243 g/mol. The molecule has 1 heterocycles. The summed E-state index contributed by atoms with van der Waals surface area (Å²) in [5.74, 6) is 0.598. The van der Waals surface area contributed by atoms with E-state index in [1.807, 2.05) is 25.1 Å². The molecule has 0 atom stereocenters. The highest BCUT2D eigenvalue weighted by Gasteiger charge is 2.08. The van der Waals surface area contributed by atoms with E-state index in [0.29, 0.717) is 5.88 Å². The maximum Gasteiger partial charge on any atom is 0.256 e. The molecule has 0 aliphatic carbocycles. The fourth-order valence-electron chi connectivity index (χ4n) is 1.68. The summed E-state index contributed by atoms with van der Waals surface area (Å²) in [6, 6.07) is 10.2. The molecule has 94 valence electrons. The summed E-state index contributed by atoms with van der Waals surface area (Å²) in [6.07, 6.45) is 4.15. The molecular formula is C14H17N3O. The standard InChI is InChI=1S/C14H17N3O/c1-11-13(14(18-2)17-16-11)15-10-6-9-12-7-4-3-5-8-12/h3-9,15H,10H2,1-2H3,(H,16,17)/b9-6+. The fourth-order valence-corrected chi connectivity index (χ4v) is 1.68. The minimum atomic E-state index is 0.598. The smallest absolute Gasteiger partial charge is 0.256 e. The maximum absolute atomic E-state index is 5.15. The summed E-state index contributed by atoms with van der Waals surface area (Å²) in [7, 11) is 1.61. The van der Waals surface area contributed by atoms with Gasteiger partial charge in [0.1, 0.15) is 5.69 Å². The number of aromatic amines is 1. The molecule has 0 bridgehead atoms. The first-order valence-electron chi connectivity index (χ1n) is 5.85. The number of aromatic nitrogens is 2. The molecule has 0 saturated heterocycles. The maximum atomic E-state index is 5.15. The van der Waals surface area contributed by atoms with Crippen LogP contribution in [0.4, 0.5) is 5.69 Å². The van der Waals surface area contributed by atoms with Gasteiger partial charge in [0, 0.05) is 6.54 Å². The Morgan fingerprint density at radius 2 is 2.11 bits per heavy atom. The third kappa shape index (κ3) is 2.91. The van der Waals surface area contributed by atoms with Gasteiger partial charge in [-0.25, -0.2) is 0 Å². The van der Waals surface area contributed by atoms with E-state index in [-0.39, 0.29) is 0 Å². The van der Waals surface area contributed by atoms with Crippen molar-refractivity contribution in [2.45, 2.75) is 6.92 Å². The van der Waals surface area contributed by atoms with E-state index in [0.717, 1.165) is 17.9 Å². The lowest BCUT2D eigenvalue weighted by molar-refractivity contribution is 0.398. The Bertz CT molecular complexity index is 517. The molecule has 1 aromatic heterocycles. The zero-order valence-electron chi connectivity index (χ0n) is 10.6. The molecule has 0 fully saturated rings. The van der Waals surface area contributed by atoms with Crippen LogP contribution in [-0.2, 0) is 0 Å². The van der Waals surface area contributed by atoms with Crippen LogP contribution in [0.5, 0.6) is 5.88 Å². The van der Waals surface area contributed by atoms with E-state index in [1.165, 1.54) is 5.56 Å². The van der Waals surface area contributed by atoms with Gasteiger partial charge >= 0.3 is 0 Å². The summed E-state index contributed by atoms with van der Waals surface area (Å²) in [4.78, 5) is 0. The minimum absolute atomic E-state index is 0.598. The van der Waals surface area contributed by atoms with Crippen LogP contribution >= 0.6 is 0 Å². The zero-order valence-corrected chi connectivity index (χ0v) is 10.6. The van der Waals surface area contributed by atoms with Gasteiger partial charge in [-0.2, -0.15) is 0 Å². The van der Waals surface area contributed by atoms with Crippen molar-refractivity contribution in [1.82, 2.24) is 10.2 Å². The second kappa shape index (κ2) is 5.91. The molecule has 0 radical (unpaired) electrons. The largest absolute Gasteiger partial charge is 0.478 e. The predicted molar refractivity (Wildman–Crippen MR) is 73.8 cm³/mol. The average Bonchev–Trinajstić information content (AvgIpc) is 2.77. The first-order valence-corrected chi connectivity index (χ1v) is 5.85. The number of benzene rings is 1. The highest BCUT2D eigenvalue weighted by molar-refractivity contribution is 5.57. The molecular weight excluding hydrogens is 226 g/mol. The topological polar surface area (TPSA) is 49.9 Å². The Kier molecular flexibility index (Phi) is 4.02. The Morgan fingerprint density at radius 3 is 2.83 bits per heavy atom. The molecule has 0 spiro atoms. The van der Waals surface area contributed by atoms with Crippen molar-refractivity contribution in [2.24, 2.45) is 0 Å². The Labute approximate surface area is 107 Å². The van der Waals surface area contributed by atoms with Crippen LogP contribution in [0.2, 0.25) is 0 Å². The summed E-state index contributed by atoms with van der Waals surface area (Å²) in [6.45, 7) is 2.68. The van der Waals surface area contributed by atoms with Gasteiger partial charge in [-0.3, -0.25) is 5.10 Å². The van der Waals surface area contributed by atoms with Gasteiger partial charge < -0.3 is 10.1 Å². The van der Waals surface area contributed by atoms with Crippen LogP contribution in [0.1, 0.15) is 11.3 Å². The van der Waals surface area contributed by atoms with E-state index < -0.39 is 0 Å². The van der Waals surface area contributed by atoms with Gasteiger partial charge in [0.05, 0.1) is 12.8 Å². The molecule has 1 aromatic carbocycles. The third-order valence-corrected chi connectivity index (χ3v) is 2.61. The average molecular weight is 243 g/mol. The van der Waals surface area contributed by atoms with Crippen LogP contribution in [-0.4, -0.2) is 23.9 Å². The molecule has 4 heteroatoms. The number of ether oxygens (including phenoxy) is 1. The van der Waals surface area contributed by atoms with Crippen molar-refractivity contribution in [2.75, 3.05) is 19.0 Å². The first kappa shape index (κ1) is 12.2. The Hall–Kier alpha value is -2.23. The van der Waals surface area contributed by atoms with Crippen LogP contribution in [0.25, 0.3) is 6.08 Å². The second-order valence-corrected chi connectivity index (χ2v) is 3.93. The van der Waals surface area contributed by atoms with Crippen LogP contribution in [0, 0.1) is 6.92 Å². The number of anilines is 1. The Morgan fingerprint density at radius 1 is 1.33 bits per heavy atom. The number of rotatable bonds is 5. The quantitative estimate of drug-likeness (QED) is 0.849. The summed E-state index contributed by atoms with van der Waals surface area (Å²) < 4.78 is 5.15. The van der Waals surface area contributed by atoms with Crippen LogP contribution in [0.15, 0.2) is 36.4 Å². The van der Waals surface area contributed by atoms with Crippen molar-refractivity contribution >= 4 is 11.8 Å². The number of hydrogen-bond acceptors (Lipinski definition) is 3. The summed E-state index contributed by atoms with van der Waals surface area (Å²) in [5.41, 5.74) is 3.07. The lowest BCUT2D eigenvalue weighted by atomic mass is 10.2. The zero-order chi connectivity index (χ0) is 12.8. The molecule has 2 rings (SSSR count). The van der Waals surface area contributed by atoms with Crippen molar-refractivity contribution in [1.29, 1.82) is 0 Å². The molecule has 0 aliphatic rings. The number of H-pyrrole nitrogens is 1. The van der Waals surface area contributed by atoms with Gasteiger partial charge in [-0.1, -0.05) is 42.5 Å². The van der Waals surface area contributed by atoms with Gasteiger partial charge in [0.15, 0.2) is 0 Å². The SMILES string of the molecule is COc1n[nH]c(C)c1NC/C=C/c1ccccc1. The molecule has 0 aliphatic heterocycles. The molecule has 2 N–H and O–H groups in total. The minimum Gasteiger partial charge on any atom is -0.478 e. The third-order valence-electron chi connectivity index (χ3n) is 2.61. The van der Waals surface area contributed by atoms with Crippen LogP contribution < -0.4 is 10.1 Å². The molecule has 0 saturated carbocycles. The van der Waals surface area contributed by atoms with Crippen molar-refractivity contribution in [3.63, 3.8) is 0 Å². The first-order chi connectivity index (χ1) is 8.81. The number of methoxy groups -OCH3 is 1. The summed E-state index contributed by atoms with van der Waals surface area (Å²) in [5, 5.41) is 10.2. The van der Waals surface area contributed by atoms with Gasteiger partial charge in [-0.05, 0) is 12.5 Å². The molecule has 2 aromatic rings. The van der Waals surface area contributed by atoms with Crippen LogP contribution in [0.3, 0.4) is 0 Å². The number of nitrogens with zero attached hydrogens (tertiary/aromatic N) is 1.